The number of hydrogen-bond donors (Lipinski definition) is 1. The molecule has 0 saturated heterocycles. The molecule has 0 unspecified atom stereocenters. The Bertz CT molecular complexity index is 695. The first kappa shape index (κ1) is 15.8. The molecule has 22 heavy (non-hydrogen) atoms. The summed E-state index contributed by atoms with van der Waals surface area (Å²) in [6.07, 6.45) is -4.72. The van der Waals surface area contributed by atoms with Crippen LogP contribution in [0.1, 0.15) is 21.5 Å². The van der Waals surface area contributed by atoms with Crippen LogP contribution in [0.3, 0.4) is 0 Å². The Hall–Kier alpha value is -2.57. The lowest BCUT2D eigenvalue weighted by Gasteiger charge is -2.14. The van der Waals surface area contributed by atoms with Crippen LogP contribution in [-0.2, 0) is 12.8 Å². The number of rotatable bonds is 4. The van der Waals surface area contributed by atoms with E-state index in [2.05, 4.69) is 0 Å². The zero-order valence-corrected chi connectivity index (χ0v) is 11.0. The Morgan fingerprint density at radius 3 is 2.45 bits per heavy atom. The van der Waals surface area contributed by atoms with Crippen molar-refractivity contribution in [1.82, 2.24) is 0 Å². The summed E-state index contributed by atoms with van der Waals surface area (Å²) >= 11 is 0. The van der Waals surface area contributed by atoms with Crippen molar-refractivity contribution in [3.05, 3.63) is 65.0 Å². The fourth-order valence-electron chi connectivity index (χ4n) is 1.82. The van der Waals surface area contributed by atoms with E-state index in [9.17, 15) is 22.4 Å². The van der Waals surface area contributed by atoms with Crippen LogP contribution >= 0.6 is 0 Å². The Balaban J connectivity index is 2.28. The predicted octanol–water partition coefficient (Wildman–Crippen LogP) is 4.12. The van der Waals surface area contributed by atoms with E-state index in [0.29, 0.717) is 6.07 Å². The van der Waals surface area contributed by atoms with Gasteiger partial charge in [-0.1, -0.05) is 12.1 Å². The molecule has 0 spiro atoms. The Morgan fingerprint density at radius 2 is 1.86 bits per heavy atom. The van der Waals surface area contributed by atoms with Gasteiger partial charge in [-0.3, -0.25) is 0 Å². The second kappa shape index (κ2) is 6.05. The van der Waals surface area contributed by atoms with E-state index in [0.717, 1.165) is 18.2 Å². The highest BCUT2D eigenvalue weighted by Crippen LogP contribution is 2.33. The third kappa shape index (κ3) is 3.75. The summed E-state index contributed by atoms with van der Waals surface area (Å²) in [5.41, 5.74) is -1.80. The molecule has 1 N–H and O–H groups in total. The molecule has 0 fully saturated rings. The molecule has 0 bridgehead atoms. The molecule has 0 radical (unpaired) electrons. The molecule has 0 saturated carbocycles. The number of hydrogen-bond acceptors (Lipinski definition) is 2. The molecule has 0 aromatic heterocycles. The first-order chi connectivity index (χ1) is 10.3. The van der Waals surface area contributed by atoms with E-state index in [1.807, 2.05) is 0 Å². The maximum atomic E-state index is 13.0. The maximum Gasteiger partial charge on any atom is 0.416 e. The monoisotopic (exact) mass is 314 g/mol. The van der Waals surface area contributed by atoms with Crippen LogP contribution in [0, 0.1) is 5.82 Å². The molecule has 3 nitrogen and oxygen atoms in total. The van der Waals surface area contributed by atoms with Crippen LogP contribution in [-0.4, -0.2) is 11.1 Å². The van der Waals surface area contributed by atoms with Crippen molar-refractivity contribution in [2.45, 2.75) is 12.8 Å². The molecule has 0 heterocycles. The van der Waals surface area contributed by atoms with Crippen molar-refractivity contribution >= 4 is 5.97 Å². The fourth-order valence-corrected chi connectivity index (χ4v) is 1.82. The van der Waals surface area contributed by atoms with E-state index in [-0.39, 0.29) is 11.3 Å². The van der Waals surface area contributed by atoms with Crippen molar-refractivity contribution in [2.24, 2.45) is 0 Å². The third-order valence-corrected chi connectivity index (χ3v) is 2.85. The molecule has 0 amide bonds. The summed E-state index contributed by atoms with van der Waals surface area (Å²) in [5.74, 6) is -1.95. The highest BCUT2D eigenvalue weighted by atomic mass is 19.4. The Morgan fingerprint density at radius 1 is 1.14 bits per heavy atom. The van der Waals surface area contributed by atoms with Crippen LogP contribution < -0.4 is 4.74 Å². The van der Waals surface area contributed by atoms with Gasteiger partial charge in [0.05, 0.1) is 11.1 Å². The average Bonchev–Trinajstić information content (AvgIpc) is 2.44. The van der Waals surface area contributed by atoms with Gasteiger partial charge in [0.15, 0.2) is 0 Å². The first-order valence-electron chi connectivity index (χ1n) is 6.09. The number of benzene rings is 2. The van der Waals surface area contributed by atoms with Gasteiger partial charge in [0.1, 0.15) is 18.2 Å². The van der Waals surface area contributed by atoms with Gasteiger partial charge in [-0.05, 0) is 24.3 Å². The SMILES string of the molecule is O=C(O)c1ccc(COc2cccc(F)c2)c(C(F)(F)F)c1. The molecule has 2 aromatic carbocycles. The normalized spacial score (nSPS) is 11.3. The topological polar surface area (TPSA) is 46.5 Å². The van der Waals surface area contributed by atoms with E-state index >= 15 is 0 Å². The number of alkyl halides is 3. The molecular weight excluding hydrogens is 304 g/mol. The lowest BCUT2D eigenvalue weighted by atomic mass is 10.0. The molecule has 2 aromatic rings. The minimum Gasteiger partial charge on any atom is -0.489 e. The summed E-state index contributed by atoms with van der Waals surface area (Å²) in [5, 5.41) is 8.76. The van der Waals surface area contributed by atoms with E-state index in [4.69, 9.17) is 9.84 Å². The molecule has 2 rings (SSSR count). The van der Waals surface area contributed by atoms with Gasteiger partial charge in [0, 0.05) is 11.6 Å². The van der Waals surface area contributed by atoms with Crippen molar-refractivity contribution < 1.29 is 32.2 Å². The molecule has 0 aliphatic carbocycles. The molecular formula is C15H10F4O3. The van der Waals surface area contributed by atoms with Gasteiger partial charge in [-0.25, -0.2) is 9.18 Å². The second-order valence-electron chi connectivity index (χ2n) is 4.42. The minimum absolute atomic E-state index is 0.0791. The zero-order chi connectivity index (χ0) is 16.3. The number of carboxylic acid groups (broad SMARTS) is 1. The number of halogens is 4. The highest BCUT2D eigenvalue weighted by molar-refractivity contribution is 5.88. The smallest absolute Gasteiger partial charge is 0.416 e. The highest BCUT2D eigenvalue weighted by Gasteiger charge is 2.34. The van der Waals surface area contributed by atoms with Crippen LogP contribution in [0.5, 0.6) is 5.75 Å². The largest absolute Gasteiger partial charge is 0.489 e. The summed E-state index contributed by atoms with van der Waals surface area (Å²) in [6, 6.07) is 7.62. The van der Waals surface area contributed by atoms with Crippen molar-refractivity contribution in [1.29, 1.82) is 0 Å². The van der Waals surface area contributed by atoms with Crippen LogP contribution in [0.15, 0.2) is 42.5 Å². The Kier molecular flexibility index (Phi) is 4.35. The van der Waals surface area contributed by atoms with Crippen LogP contribution in [0.25, 0.3) is 0 Å². The quantitative estimate of drug-likeness (QED) is 0.864. The van der Waals surface area contributed by atoms with Gasteiger partial charge < -0.3 is 9.84 Å². The lowest BCUT2D eigenvalue weighted by Crippen LogP contribution is -2.13. The van der Waals surface area contributed by atoms with E-state index in [1.165, 1.54) is 18.2 Å². The Labute approximate surface area is 122 Å². The van der Waals surface area contributed by atoms with Gasteiger partial charge >= 0.3 is 12.1 Å². The first-order valence-corrected chi connectivity index (χ1v) is 6.09. The minimum atomic E-state index is -4.72. The zero-order valence-electron chi connectivity index (χ0n) is 11.0. The van der Waals surface area contributed by atoms with Gasteiger partial charge in [0.2, 0.25) is 0 Å². The van der Waals surface area contributed by atoms with Crippen LogP contribution in [0.2, 0.25) is 0 Å². The maximum absolute atomic E-state index is 13.0. The second-order valence-corrected chi connectivity index (χ2v) is 4.42. The van der Waals surface area contributed by atoms with Crippen molar-refractivity contribution in [2.75, 3.05) is 0 Å². The molecule has 0 atom stereocenters. The standard InChI is InChI=1S/C15H10F4O3/c16-11-2-1-3-12(7-11)22-8-10-5-4-9(14(20)21)6-13(10)15(17,18)19/h1-7H,8H2,(H,20,21). The molecule has 0 aliphatic rings. The summed E-state index contributed by atoms with van der Waals surface area (Å²) in [4.78, 5) is 10.8. The molecule has 0 aliphatic heterocycles. The summed E-state index contributed by atoms with van der Waals surface area (Å²) in [7, 11) is 0. The van der Waals surface area contributed by atoms with E-state index < -0.39 is 35.7 Å². The molecule has 116 valence electrons. The van der Waals surface area contributed by atoms with Gasteiger partial charge in [0.25, 0.3) is 0 Å². The van der Waals surface area contributed by atoms with E-state index in [1.54, 1.807) is 0 Å². The predicted molar refractivity (Wildman–Crippen MR) is 69.1 cm³/mol. The molecule has 7 heteroatoms. The number of ether oxygens (including phenoxy) is 1. The number of carboxylic acids is 1. The third-order valence-electron chi connectivity index (χ3n) is 2.85. The van der Waals surface area contributed by atoms with Crippen LogP contribution in [0.4, 0.5) is 17.6 Å². The number of carbonyl (C=O) groups is 1. The van der Waals surface area contributed by atoms with Gasteiger partial charge in [-0.15, -0.1) is 0 Å². The van der Waals surface area contributed by atoms with Crippen molar-refractivity contribution in [3.8, 4) is 5.75 Å². The van der Waals surface area contributed by atoms with Gasteiger partial charge in [-0.2, -0.15) is 13.2 Å². The van der Waals surface area contributed by atoms with Crippen molar-refractivity contribution in [3.63, 3.8) is 0 Å². The fraction of sp³-hybridized carbons (Fsp3) is 0.133. The summed E-state index contributed by atoms with van der Waals surface area (Å²) < 4.78 is 57.0. The lowest BCUT2D eigenvalue weighted by molar-refractivity contribution is -0.138. The summed E-state index contributed by atoms with van der Waals surface area (Å²) in [6.45, 7) is -0.460. The number of aromatic carboxylic acids is 1. The average molecular weight is 314 g/mol.